The van der Waals surface area contributed by atoms with Gasteiger partial charge in [0, 0.05) is 31.2 Å². The summed E-state index contributed by atoms with van der Waals surface area (Å²) < 4.78 is 5.01. The van der Waals surface area contributed by atoms with Crippen molar-refractivity contribution in [1.82, 2.24) is 19.8 Å². The average Bonchev–Trinajstić information content (AvgIpc) is 2.55. The molecule has 8 heteroatoms. The summed E-state index contributed by atoms with van der Waals surface area (Å²) in [6, 6.07) is 5.04. The van der Waals surface area contributed by atoms with E-state index < -0.39 is 0 Å². The van der Waals surface area contributed by atoms with E-state index in [1.165, 1.54) is 0 Å². The van der Waals surface area contributed by atoms with E-state index in [4.69, 9.17) is 16.3 Å². The second-order valence-corrected chi connectivity index (χ2v) is 6.07. The summed E-state index contributed by atoms with van der Waals surface area (Å²) in [6.07, 6.45) is -0.274. The first-order chi connectivity index (χ1) is 11.6. The third kappa shape index (κ3) is 3.68. The number of fused-ring (bicyclic) bond motifs is 1. The van der Waals surface area contributed by atoms with Gasteiger partial charge in [-0.15, -0.1) is 0 Å². The Bertz CT molecular complexity index is 799. The van der Waals surface area contributed by atoms with Crippen molar-refractivity contribution in [3.8, 4) is 0 Å². The molecule has 1 N–H and O–H groups in total. The molecule has 1 fully saturated rings. The Morgan fingerprint density at radius 2 is 2.08 bits per heavy atom. The van der Waals surface area contributed by atoms with E-state index in [1.54, 1.807) is 30.0 Å². The highest BCUT2D eigenvalue weighted by molar-refractivity contribution is 6.31. The molecule has 7 nitrogen and oxygen atoms in total. The number of nitrogens with zero attached hydrogens (tertiary/aromatic N) is 3. The lowest BCUT2D eigenvalue weighted by Gasteiger charge is -2.33. The fraction of sp³-hybridized carbons (Fsp3) is 0.438. The Hall–Kier alpha value is -2.12. The molecule has 0 saturated carbocycles. The molecule has 0 bridgehead atoms. The fourth-order valence-corrected chi connectivity index (χ4v) is 2.92. The number of aromatic nitrogens is 2. The van der Waals surface area contributed by atoms with Crippen molar-refractivity contribution < 1.29 is 9.53 Å². The lowest BCUT2D eigenvalue weighted by atomic mass is 10.2. The van der Waals surface area contributed by atoms with Crippen molar-refractivity contribution in [2.75, 3.05) is 32.8 Å². The third-order valence-corrected chi connectivity index (χ3v) is 4.22. The van der Waals surface area contributed by atoms with Crippen LogP contribution in [0, 0.1) is 0 Å². The van der Waals surface area contributed by atoms with E-state index in [1.807, 2.05) is 0 Å². The van der Waals surface area contributed by atoms with Crippen LogP contribution in [0.5, 0.6) is 0 Å². The van der Waals surface area contributed by atoms with Crippen molar-refractivity contribution in [3.63, 3.8) is 0 Å². The van der Waals surface area contributed by atoms with Crippen molar-refractivity contribution >= 4 is 28.6 Å². The SMILES string of the molecule is CCOC(=O)N1CCN(Cc2nc3cc(Cl)ccc3c(=O)[nH]2)CC1. The molecule has 0 aliphatic carbocycles. The monoisotopic (exact) mass is 350 g/mol. The zero-order valence-corrected chi connectivity index (χ0v) is 14.2. The summed E-state index contributed by atoms with van der Waals surface area (Å²) >= 11 is 5.97. The summed E-state index contributed by atoms with van der Waals surface area (Å²) in [4.78, 5) is 35.0. The highest BCUT2D eigenvalue weighted by Gasteiger charge is 2.22. The molecule has 1 aliphatic rings. The molecule has 0 atom stereocenters. The molecule has 2 aromatic rings. The van der Waals surface area contributed by atoms with Gasteiger partial charge < -0.3 is 14.6 Å². The molecule has 1 saturated heterocycles. The van der Waals surface area contributed by atoms with Crippen LogP contribution < -0.4 is 5.56 Å². The van der Waals surface area contributed by atoms with Gasteiger partial charge in [0.2, 0.25) is 0 Å². The van der Waals surface area contributed by atoms with Crippen LogP contribution in [0.2, 0.25) is 5.02 Å². The maximum absolute atomic E-state index is 12.1. The number of piperazine rings is 1. The molecule has 128 valence electrons. The van der Waals surface area contributed by atoms with Gasteiger partial charge in [-0.1, -0.05) is 11.6 Å². The van der Waals surface area contributed by atoms with E-state index in [-0.39, 0.29) is 11.7 Å². The Kier molecular flexibility index (Phi) is 5.01. The molecule has 0 radical (unpaired) electrons. The largest absolute Gasteiger partial charge is 0.450 e. The van der Waals surface area contributed by atoms with Gasteiger partial charge in [-0.2, -0.15) is 0 Å². The maximum atomic E-state index is 12.1. The Morgan fingerprint density at radius 1 is 1.33 bits per heavy atom. The highest BCUT2D eigenvalue weighted by Crippen LogP contribution is 2.15. The van der Waals surface area contributed by atoms with Crippen LogP contribution in [-0.4, -0.2) is 58.6 Å². The van der Waals surface area contributed by atoms with Gasteiger partial charge in [0.25, 0.3) is 5.56 Å². The first kappa shape index (κ1) is 16.7. The topological polar surface area (TPSA) is 78.5 Å². The van der Waals surface area contributed by atoms with E-state index in [0.717, 1.165) is 0 Å². The number of hydrogen-bond donors (Lipinski definition) is 1. The average molecular weight is 351 g/mol. The van der Waals surface area contributed by atoms with Crippen LogP contribution in [-0.2, 0) is 11.3 Å². The predicted octanol–water partition coefficient (Wildman–Crippen LogP) is 1.85. The zero-order chi connectivity index (χ0) is 17.1. The van der Waals surface area contributed by atoms with Gasteiger partial charge in [-0.05, 0) is 25.1 Å². The Labute approximate surface area is 144 Å². The van der Waals surface area contributed by atoms with Crippen LogP contribution in [0.15, 0.2) is 23.0 Å². The third-order valence-electron chi connectivity index (χ3n) is 3.99. The molecule has 0 unspecified atom stereocenters. The van der Waals surface area contributed by atoms with Gasteiger partial charge >= 0.3 is 6.09 Å². The van der Waals surface area contributed by atoms with Crippen LogP contribution in [0.4, 0.5) is 4.79 Å². The number of amides is 1. The normalized spacial score (nSPS) is 15.7. The first-order valence-electron chi connectivity index (χ1n) is 7.89. The van der Waals surface area contributed by atoms with E-state index >= 15 is 0 Å². The number of rotatable bonds is 3. The van der Waals surface area contributed by atoms with E-state index in [9.17, 15) is 9.59 Å². The first-order valence-corrected chi connectivity index (χ1v) is 8.27. The maximum Gasteiger partial charge on any atom is 0.409 e. The zero-order valence-electron chi connectivity index (χ0n) is 13.4. The number of hydrogen-bond acceptors (Lipinski definition) is 5. The molecule has 1 aliphatic heterocycles. The molecule has 1 aromatic carbocycles. The van der Waals surface area contributed by atoms with Gasteiger partial charge in [-0.25, -0.2) is 9.78 Å². The molecule has 0 spiro atoms. The summed E-state index contributed by atoms with van der Waals surface area (Å²) in [6.45, 7) is 5.30. The number of carbonyl (C=O) groups excluding carboxylic acids is 1. The Balaban J connectivity index is 1.68. The van der Waals surface area contributed by atoms with Crippen LogP contribution in [0.3, 0.4) is 0 Å². The lowest BCUT2D eigenvalue weighted by Crippen LogP contribution is -2.48. The van der Waals surface area contributed by atoms with Crippen molar-refractivity contribution in [1.29, 1.82) is 0 Å². The number of ether oxygens (including phenoxy) is 1. The number of H-pyrrole nitrogens is 1. The number of carbonyl (C=O) groups is 1. The quantitative estimate of drug-likeness (QED) is 0.914. The fourth-order valence-electron chi connectivity index (χ4n) is 2.75. The van der Waals surface area contributed by atoms with Crippen LogP contribution in [0.1, 0.15) is 12.7 Å². The number of nitrogens with one attached hydrogen (secondary N) is 1. The molecule has 24 heavy (non-hydrogen) atoms. The van der Waals surface area contributed by atoms with Gasteiger partial charge in [-0.3, -0.25) is 9.69 Å². The Morgan fingerprint density at radius 3 is 2.79 bits per heavy atom. The summed E-state index contributed by atoms with van der Waals surface area (Å²) in [5.74, 6) is 0.597. The van der Waals surface area contributed by atoms with Crippen LogP contribution in [0.25, 0.3) is 10.9 Å². The van der Waals surface area contributed by atoms with Gasteiger partial charge in [0.1, 0.15) is 5.82 Å². The number of halogens is 1. The minimum atomic E-state index is -0.274. The van der Waals surface area contributed by atoms with Crippen molar-refractivity contribution in [3.05, 3.63) is 39.4 Å². The standard InChI is InChI=1S/C16H19ClN4O3/c1-2-24-16(23)21-7-5-20(6-8-21)10-14-18-13-9-11(17)3-4-12(13)15(22)19-14/h3-4,9H,2,5-8,10H2,1H3,(H,18,19,22). The van der Waals surface area contributed by atoms with Gasteiger partial charge in [0.15, 0.2) is 0 Å². The molecule has 2 heterocycles. The summed E-state index contributed by atoms with van der Waals surface area (Å²) in [7, 11) is 0. The predicted molar refractivity (Wildman–Crippen MR) is 91.2 cm³/mol. The molecule has 1 aromatic heterocycles. The summed E-state index contributed by atoms with van der Waals surface area (Å²) in [5.41, 5.74) is 0.420. The number of benzene rings is 1. The second kappa shape index (κ2) is 7.19. The molecular formula is C16H19ClN4O3. The van der Waals surface area contributed by atoms with Crippen LogP contribution >= 0.6 is 11.6 Å². The van der Waals surface area contributed by atoms with E-state index in [0.29, 0.717) is 61.1 Å². The second-order valence-electron chi connectivity index (χ2n) is 5.64. The minimum absolute atomic E-state index is 0.170. The van der Waals surface area contributed by atoms with Crippen molar-refractivity contribution in [2.45, 2.75) is 13.5 Å². The molecular weight excluding hydrogens is 332 g/mol. The smallest absolute Gasteiger partial charge is 0.409 e. The minimum Gasteiger partial charge on any atom is -0.450 e. The summed E-state index contributed by atoms with van der Waals surface area (Å²) in [5, 5.41) is 1.07. The van der Waals surface area contributed by atoms with Crippen molar-refractivity contribution in [2.24, 2.45) is 0 Å². The highest BCUT2D eigenvalue weighted by atomic mass is 35.5. The molecule has 3 rings (SSSR count). The van der Waals surface area contributed by atoms with E-state index in [2.05, 4.69) is 14.9 Å². The lowest BCUT2D eigenvalue weighted by molar-refractivity contribution is 0.0772. The number of aromatic amines is 1. The molecule has 1 amide bonds. The van der Waals surface area contributed by atoms with Gasteiger partial charge in [0.05, 0.1) is 24.1 Å².